The van der Waals surface area contributed by atoms with Gasteiger partial charge in [0.2, 0.25) is 5.91 Å². The number of rotatable bonds is 2. The van der Waals surface area contributed by atoms with Gasteiger partial charge in [0.05, 0.1) is 5.69 Å². The van der Waals surface area contributed by atoms with Crippen LogP contribution < -0.4 is 0 Å². The van der Waals surface area contributed by atoms with Crippen molar-refractivity contribution in [3.63, 3.8) is 0 Å². The number of nitrogens with zero attached hydrogens (tertiary/aromatic N) is 3. The van der Waals surface area contributed by atoms with Gasteiger partial charge in [-0.3, -0.25) is 9.20 Å². The normalized spacial score (nSPS) is 25.3. The Morgan fingerprint density at radius 3 is 2.48 bits per heavy atom. The van der Waals surface area contributed by atoms with E-state index in [4.69, 9.17) is 4.98 Å². The van der Waals surface area contributed by atoms with Gasteiger partial charge in [0.15, 0.2) is 0 Å². The highest BCUT2D eigenvalue weighted by Gasteiger charge is 2.42. The quantitative estimate of drug-likeness (QED) is 0.842. The predicted molar refractivity (Wildman–Crippen MR) is 93.1 cm³/mol. The summed E-state index contributed by atoms with van der Waals surface area (Å²) in [5, 5.41) is 0. The summed E-state index contributed by atoms with van der Waals surface area (Å²) in [6.45, 7) is 10.4. The standard InChI is InChI=1S/C18H25N3OS/c1-10-9-15(10)17(22)20-7-5-14(6-8-20)16-18-21(13(4)19-16)11(2)12(3)23-18/h10,14-15H,5-9H2,1-4H3/t10-,15-/m1/s1. The minimum absolute atomic E-state index is 0.315. The summed E-state index contributed by atoms with van der Waals surface area (Å²) in [5.41, 5.74) is 2.58. The lowest BCUT2D eigenvalue weighted by Gasteiger charge is -2.31. The molecule has 0 N–H and O–H groups in total. The average Bonchev–Trinajstić information content (AvgIpc) is 3.08. The fourth-order valence-corrected chi connectivity index (χ4v) is 5.15. The highest BCUT2D eigenvalue weighted by atomic mass is 32.1. The van der Waals surface area contributed by atoms with Crippen LogP contribution in [0.25, 0.3) is 4.83 Å². The van der Waals surface area contributed by atoms with E-state index in [-0.39, 0.29) is 0 Å². The Balaban J connectivity index is 1.52. The minimum atomic E-state index is 0.315. The molecule has 1 aliphatic heterocycles. The highest BCUT2D eigenvalue weighted by Crippen LogP contribution is 2.41. The second-order valence-electron chi connectivity index (χ2n) is 7.35. The van der Waals surface area contributed by atoms with Gasteiger partial charge in [-0.2, -0.15) is 0 Å². The van der Waals surface area contributed by atoms with Gasteiger partial charge in [0.1, 0.15) is 10.7 Å². The number of thiazole rings is 1. The van der Waals surface area contributed by atoms with Crippen molar-refractivity contribution < 1.29 is 4.79 Å². The monoisotopic (exact) mass is 331 g/mol. The van der Waals surface area contributed by atoms with Crippen molar-refractivity contribution in [3.8, 4) is 0 Å². The molecule has 2 aromatic rings. The van der Waals surface area contributed by atoms with Crippen LogP contribution in [-0.4, -0.2) is 33.3 Å². The lowest BCUT2D eigenvalue weighted by molar-refractivity contribution is -0.133. The van der Waals surface area contributed by atoms with Crippen LogP contribution in [0, 0.1) is 32.6 Å². The van der Waals surface area contributed by atoms with Crippen molar-refractivity contribution in [2.75, 3.05) is 13.1 Å². The molecule has 124 valence electrons. The van der Waals surface area contributed by atoms with E-state index in [2.05, 4.69) is 37.0 Å². The van der Waals surface area contributed by atoms with E-state index in [9.17, 15) is 4.79 Å². The molecule has 0 aromatic carbocycles. The van der Waals surface area contributed by atoms with Crippen LogP contribution in [0.1, 0.15) is 54.2 Å². The molecule has 0 bridgehead atoms. The molecule has 4 rings (SSSR count). The van der Waals surface area contributed by atoms with Gasteiger partial charge in [0.25, 0.3) is 0 Å². The summed E-state index contributed by atoms with van der Waals surface area (Å²) in [4.78, 5) is 22.0. The Kier molecular flexibility index (Phi) is 3.52. The first-order valence-corrected chi connectivity index (χ1v) is 9.52. The zero-order valence-electron chi connectivity index (χ0n) is 14.4. The van der Waals surface area contributed by atoms with Crippen LogP contribution in [0.2, 0.25) is 0 Å². The zero-order chi connectivity index (χ0) is 16.3. The molecule has 0 unspecified atom stereocenters. The summed E-state index contributed by atoms with van der Waals surface area (Å²) in [7, 11) is 0. The predicted octanol–water partition coefficient (Wildman–Crippen LogP) is 3.68. The van der Waals surface area contributed by atoms with Crippen molar-refractivity contribution >= 4 is 22.1 Å². The lowest BCUT2D eigenvalue weighted by Crippen LogP contribution is -2.39. The average molecular weight is 331 g/mol. The molecular weight excluding hydrogens is 306 g/mol. The maximum absolute atomic E-state index is 12.4. The van der Waals surface area contributed by atoms with Crippen molar-refractivity contribution in [2.45, 2.75) is 52.9 Å². The largest absolute Gasteiger partial charge is 0.342 e. The first-order chi connectivity index (χ1) is 11.0. The first-order valence-electron chi connectivity index (χ1n) is 8.71. The number of carbonyl (C=O) groups excluding carboxylic acids is 1. The molecule has 0 spiro atoms. The number of hydrogen-bond donors (Lipinski definition) is 0. The van der Waals surface area contributed by atoms with E-state index >= 15 is 0 Å². The fourth-order valence-electron chi connectivity index (χ4n) is 3.94. The van der Waals surface area contributed by atoms with Crippen LogP contribution in [0.3, 0.4) is 0 Å². The van der Waals surface area contributed by atoms with E-state index in [0.717, 1.165) is 38.2 Å². The Bertz CT molecular complexity index is 767. The van der Waals surface area contributed by atoms with E-state index in [0.29, 0.717) is 23.7 Å². The highest BCUT2D eigenvalue weighted by molar-refractivity contribution is 7.17. The second kappa shape index (κ2) is 5.33. The SMILES string of the molecule is Cc1sc2c(C3CCN(C(=O)[C@@H]4C[C@H]4C)CC3)nc(C)n2c1C. The molecule has 0 radical (unpaired) electrons. The van der Waals surface area contributed by atoms with Crippen molar-refractivity contribution in [3.05, 3.63) is 22.1 Å². The van der Waals surface area contributed by atoms with Gasteiger partial charge in [-0.15, -0.1) is 11.3 Å². The smallest absolute Gasteiger partial charge is 0.225 e. The van der Waals surface area contributed by atoms with Gasteiger partial charge < -0.3 is 4.90 Å². The third kappa shape index (κ3) is 2.40. The van der Waals surface area contributed by atoms with Crippen LogP contribution in [-0.2, 0) is 4.79 Å². The number of aryl methyl sites for hydroxylation is 3. The summed E-state index contributed by atoms with van der Waals surface area (Å²) in [6.07, 6.45) is 3.19. The third-order valence-corrected chi connectivity index (χ3v) is 6.93. The molecule has 2 fully saturated rings. The van der Waals surface area contributed by atoms with E-state index < -0.39 is 0 Å². The second-order valence-corrected chi connectivity index (χ2v) is 8.55. The third-order valence-electron chi connectivity index (χ3n) is 5.74. The summed E-state index contributed by atoms with van der Waals surface area (Å²) < 4.78 is 2.30. The summed E-state index contributed by atoms with van der Waals surface area (Å²) >= 11 is 1.86. The molecule has 1 aliphatic carbocycles. The maximum atomic E-state index is 12.4. The van der Waals surface area contributed by atoms with Crippen LogP contribution in [0.15, 0.2) is 0 Å². The molecular formula is C18H25N3OS. The van der Waals surface area contributed by atoms with E-state index in [1.807, 2.05) is 11.3 Å². The van der Waals surface area contributed by atoms with Crippen LogP contribution in [0.4, 0.5) is 0 Å². The van der Waals surface area contributed by atoms with Crippen molar-refractivity contribution in [2.24, 2.45) is 11.8 Å². The van der Waals surface area contributed by atoms with Gasteiger partial charge in [-0.25, -0.2) is 4.98 Å². The molecule has 3 heterocycles. The fraction of sp³-hybridized carbons (Fsp3) is 0.667. The molecule has 2 aromatic heterocycles. The molecule has 5 heteroatoms. The van der Waals surface area contributed by atoms with E-state index in [1.54, 1.807) is 0 Å². The van der Waals surface area contributed by atoms with Gasteiger partial charge in [0, 0.05) is 35.5 Å². The Labute approximate surface area is 141 Å². The number of carbonyl (C=O) groups is 1. The summed E-state index contributed by atoms with van der Waals surface area (Å²) in [6, 6.07) is 0. The molecule has 1 saturated heterocycles. The number of piperidine rings is 1. The van der Waals surface area contributed by atoms with Gasteiger partial charge in [-0.05, 0) is 46.0 Å². The minimum Gasteiger partial charge on any atom is -0.342 e. The number of fused-ring (bicyclic) bond motifs is 1. The van der Waals surface area contributed by atoms with E-state index in [1.165, 1.54) is 21.1 Å². The van der Waals surface area contributed by atoms with Crippen LogP contribution in [0.5, 0.6) is 0 Å². The zero-order valence-corrected chi connectivity index (χ0v) is 15.2. The molecule has 23 heavy (non-hydrogen) atoms. The summed E-state index contributed by atoms with van der Waals surface area (Å²) in [5.74, 6) is 2.91. The van der Waals surface area contributed by atoms with Crippen molar-refractivity contribution in [1.29, 1.82) is 0 Å². The number of imidazole rings is 1. The van der Waals surface area contributed by atoms with Gasteiger partial charge in [-0.1, -0.05) is 6.92 Å². The number of amides is 1. The van der Waals surface area contributed by atoms with Crippen LogP contribution >= 0.6 is 11.3 Å². The van der Waals surface area contributed by atoms with Crippen molar-refractivity contribution in [1.82, 2.24) is 14.3 Å². The maximum Gasteiger partial charge on any atom is 0.225 e. The topological polar surface area (TPSA) is 37.6 Å². The lowest BCUT2D eigenvalue weighted by atomic mass is 9.93. The first kappa shape index (κ1) is 15.2. The molecule has 2 atom stereocenters. The number of hydrogen-bond acceptors (Lipinski definition) is 3. The van der Waals surface area contributed by atoms with Gasteiger partial charge >= 0.3 is 0 Å². The Hall–Kier alpha value is -1.36. The molecule has 2 aliphatic rings. The number of likely N-dealkylation sites (tertiary alicyclic amines) is 1. The molecule has 1 saturated carbocycles. The Morgan fingerprint density at radius 2 is 1.87 bits per heavy atom. The molecule has 1 amide bonds. The number of aromatic nitrogens is 2. The molecule has 4 nitrogen and oxygen atoms in total. The Morgan fingerprint density at radius 1 is 1.22 bits per heavy atom.